The maximum absolute atomic E-state index is 13.9. The first-order valence-electron chi connectivity index (χ1n) is 9.61. The minimum absolute atomic E-state index is 0.164. The van der Waals surface area contributed by atoms with Gasteiger partial charge in [0.25, 0.3) is 11.5 Å². The molecular weight excluding hydrogens is 395 g/mol. The molecule has 0 aliphatic rings. The van der Waals surface area contributed by atoms with Crippen molar-refractivity contribution < 1.29 is 9.18 Å². The summed E-state index contributed by atoms with van der Waals surface area (Å²) in [7, 11) is 0. The second-order valence-corrected chi connectivity index (χ2v) is 6.87. The number of hydrazone groups is 1. The highest BCUT2D eigenvalue weighted by Crippen LogP contribution is 2.14. The third-order valence-electron chi connectivity index (χ3n) is 4.73. The van der Waals surface area contributed by atoms with Crippen LogP contribution in [0.1, 0.15) is 27.2 Å². The summed E-state index contributed by atoms with van der Waals surface area (Å²) in [6, 6.07) is 23.4. The summed E-state index contributed by atoms with van der Waals surface area (Å²) in [6.07, 6.45) is 0. The van der Waals surface area contributed by atoms with Gasteiger partial charge in [-0.1, -0.05) is 48.5 Å². The van der Waals surface area contributed by atoms with Gasteiger partial charge in [0.05, 0.1) is 11.3 Å². The number of aromatic nitrogens is 2. The average molecular weight is 414 g/mol. The number of carbonyl (C=O) groups excluding carboxylic acids is 1. The summed E-state index contributed by atoms with van der Waals surface area (Å²) >= 11 is 0. The zero-order chi connectivity index (χ0) is 21.8. The van der Waals surface area contributed by atoms with Crippen LogP contribution in [0.25, 0.3) is 5.69 Å². The van der Waals surface area contributed by atoms with Crippen molar-refractivity contribution in [3.8, 4) is 5.69 Å². The first-order valence-corrected chi connectivity index (χ1v) is 9.61. The lowest BCUT2D eigenvalue weighted by atomic mass is 10.0. The Bertz CT molecular complexity index is 1310. The monoisotopic (exact) mass is 414 g/mol. The number of aryl methyl sites for hydroxylation is 1. The smallest absolute Gasteiger partial charge is 0.281 e. The molecule has 4 aromatic rings. The average Bonchev–Trinajstić information content (AvgIpc) is 3.09. The van der Waals surface area contributed by atoms with E-state index in [-0.39, 0.29) is 16.8 Å². The molecule has 0 bridgehead atoms. The molecule has 0 atom stereocenters. The number of nitrogens with zero attached hydrogens (tertiary/aromatic N) is 2. The second kappa shape index (κ2) is 8.62. The van der Waals surface area contributed by atoms with Crippen LogP contribution >= 0.6 is 0 Å². The van der Waals surface area contributed by atoms with E-state index in [2.05, 4.69) is 15.6 Å². The highest BCUT2D eigenvalue weighted by Gasteiger charge is 2.20. The van der Waals surface area contributed by atoms with Gasteiger partial charge in [-0.3, -0.25) is 14.7 Å². The number of carbonyl (C=O) groups is 1. The van der Waals surface area contributed by atoms with Crippen LogP contribution in [0.2, 0.25) is 0 Å². The van der Waals surface area contributed by atoms with Gasteiger partial charge in [0.15, 0.2) is 0 Å². The molecular formula is C24H19FN4O2. The van der Waals surface area contributed by atoms with Crippen molar-refractivity contribution in [1.29, 1.82) is 0 Å². The van der Waals surface area contributed by atoms with Gasteiger partial charge < -0.3 is 0 Å². The van der Waals surface area contributed by atoms with Gasteiger partial charge in [-0.25, -0.2) is 14.5 Å². The molecule has 4 rings (SSSR count). The standard InChI is InChI=1S/C24H19FN4O2/c1-16-21(24(31)29(28-16)20-13-6-3-7-14-20)22(18-11-8-12-19(25)15-18)26-27-23(30)17-9-4-2-5-10-17/h2-15,28H,1H3,(H,27,30)/b26-22-. The molecule has 0 spiro atoms. The van der Waals surface area contributed by atoms with Crippen LogP contribution in [0, 0.1) is 12.7 Å². The number of halogens is 1. The van der Waals surface area contributed by atoms with Crippen LogP contribution in [0.3, 0.4) is 0 Å². The Balaban J connectivity index is 1.82. The van der Waals surface area contributed by atoms with E-state index in [1.807, 2.05) is 18.2 Å². The topological polar surface area (TPSA) is 79.2 Å². The predicted molar refractivity (Wildman–Crippen MR) is 117 cm³/mol. The molecule has 0 radical (unpaired) electrons. The molecule has 6 nitrogen and oxygen atoms in total. The normalized spacial score (nSPS) is 11.4. The van der Waals surface area contributed by atoms with Crippen molar-refractivity contribution in [3.05, 3.63) is 123 Å². The molecule has 1 aromatic heterocycles. The third kappa shape index (κ3) is 4.20. The highest BCUT2D eigenvalue weighted by atomic mass is 19.1. The van der Waals surface area contributed by atoms with Crippen LogP contribution in [-0.4, -0.2) is 21.4 Å². The van der Waals surface area contributed by atoms with Gasteiger partial charge in [-0.05, 0) is 43.3 Å². The molecule has 0 aliphatic carbocycles. The Hall–Kier alpha value is -4.26. The van der Waals surface area contributed by atoms with E-state index >= 15 is 0 Å². The molecule has 0 fully saturated rings. The molecule has 154 valence electrons. The third-order valence-corrected chi connectivity index (χ3v) is 4.73. The van der Waals surface area contributed by atoms with E-state index in [1.54, 1.807) is 55.5 Å². The summed E-state index contributed by atoms with van der Waals surface area (Å²) in [5, 5.41) is 7.26. The van der Waals surface area contributed by atoms with Gasteiger partial charge in [0, 0.05) is 16.8 Å². The zero-order valence-electron chi connectivity index (χ0n) is 16.7. The largest absolute Gasteiger partial charge is 0.295 e. The fourth-order valence-electron chi connectivity index (χ4n) is 3.25. The van der Waals surface area contributed by atoms with E-state index in [0.717, 1.165) is 0 Å². The van der Waals surface area contributed by atoms with Crippen LogP contribution in [-0.2, 0) is 0 Å². The van der Waals surface area contributed by atoms with Crippen molar-refractivity contribution in [2.45, 2.75) is 6.92 Å². The van der Waals surface area contributed by atoms with E-state index < -0.39 is 11.7 Å². The van der Waals surface area contributed by atoms with Gasteiger partial charge >= 0.3 is 0 Å². The summed E-state index contributed by atoms with van der Waals surface area (Å²) in [6.45, 7) is 1.73. The minimum Gasteiger partial charge on any atom is -0.295 e. The Morgan fingerprint density at radius 3 is 2.26 bits per heavy atom. The zero-order valence-corrected chi connectivity index (χ0v) is 16.7. The SMILES string of the molecule is Cc1[nH]n(-c2ccccc2)c(=O)c1/C(=N\NC(=O)c1ccccc1)c1cccc(F)c1. The van der Waals surface area contributed by atoms with Gasteiger partial charge in [0.2, 0.25) is 0 Å². The number of benzene rings is 3. The number of nitrogens with one attached hydrogen (secondary N) is 2. The summed E-state index contributed by atoms with van der Waals surface area (Å²) in [4.78, 5) is 25.7. The fourth-order valence-corrected chi connectivity index (χ4v) is 3.25. The van der Waals surface area contributed by atoms with Crippen molar-refractivity contribution >= 4 is 11.6 Å². The number of H-pyrrole nitrogens is 1. The second-order valence-electron chi connectivity index (χ2n) is 6.87. The number of amides is 1. The summed E-state index contributed by atoms with van der Waals surface area (Å²) in [5.41, 5.74) is 4.49. The van der Waals surface area contributed by atoms with Gasteiger partial charge in [-0.2, -0.15) is 5.10 Å². The molecule has 0 aliphatic heterocycles. The maximum atomic E-state index is 13.9. The Morgan fingerprint density at radius 1 is 0.935 bits per heavy atom. The molecule has 0 saturated carbocycles. The Labute approximate surface area is 177 Å². The number of aromatic amines is 1. The van der Waals surface area contributed by atoms with Gasteiger partial charge in [0.1, 0.15) is 11.5 Å². The van der Waals surface area contributed by atoms with E-state index in [9.17, 15) is 14.0 Å². The van der Waals surface area contributed by atoms with E-state index in [4.69, 9.17) is 0 Å². The Kier molecular flexibility index (Phi) is 5.57. The highest BCUT2D eigenvalue weighted by molar-refractivity contribution is 6.14. The number of hydrogen-bond donors (Lipinski definition) is 2. The molecule has 1 amide bonds. The molecule has 0 unspecified atom stereocenters. The number of hydrogen-bond acceptors (Lipinski definition) is 3. The predicted octanol–water partition coefficient (Wildman–Crippen LogP) is 3.80. The lowest BCUT2D eigenvalue weighted by Gasteiger charge is -2.07. The van der Waals surface area contributed by atoms with Crippen LogP contribution in [0.5, 0.6) is 0 Å². The molecule has 2 N–H and O–H groups in total. The quantitative estimate of drug-likeness (QED) is 0.385. The van der Waals surface area contributed by atoms with Crippen LogP contribution in [0.4, 0.5) is 4.39 Å². The van der Waals surface area contributed by atoms with Crippen molar-refractivity contribution in [1.82, 2.24) is 15.2 Å². The van der Waals surface area contributed by atoms with Crippen molar-refractivity contribution in [2.75, 3.05) is 0 Å². The fraction of sp³-hybridized carbons (Fsp3) is 0.0417. The summed E-state index contributed by atoms with van der Waals surface area (Å²) < 4.78 is 15.3. The maximum Gasteiger partial charge on any atom is 0.281 e. The van der Waals surface area contributed by atoms with Crippen molar-refractivity contribution in [3.63, 3.8) is 0 Å². The molecule has 3 aromatic carbocycles. The van der Waals surface area contributed by atoms with Crippen LogP contribution < -0.4 is 11.0 Å². The first-order chi connectivity index (χ1) is 15.0. The van der Waals surface area contributed by atoms with E-state index in [1.165, 1.54) is 22.9 Å². The van der Waals surface area contributed by atoms with Crippen molar-refractivity contribution in [2.24, 2.45) is 5.10 Å². The number of para-hydroxylation sites is 1. The summed E-state index contributed by atoms with van der Waals surface area (Å²) in [5.74, 6) is -0.915. The number of rotatable bonds is 5. The van der Waals surface area contributed by atoms with Crippen LogP contribution in [0.15, 0.2) is 94.8 Å². The Morgan fingerprint density at radius 2 is 1.58 bits per heavy atom. The first kappa shape index (κ1) is 20.0. The molecule has 1 heterocycles. The minimum atomic E-state index is -0.476. The van der Waals surface area contributed by atoms with E-state index in [0.29, 0.717) is 22.5 Å². The van der Waals surface area contributed by atoms with Gasteiger partial charge in [-0.15, -0.1) is 0 Å². The molecule has 0 saturated heterocycles. The molecule has 31 heavy (non-hydrogen) atoms. The lowest BCUT2D eigenvalue weighted by Crippen LogP contribution is -2.25. The molecule has 7 heteroatoms. The lowest BCUT2D eigenvalue weighted by molar-refractivity contribution is 0.0955.